The molecule has 6 aliphatic rings. The molecule has 4 aliphatic carbocycles. The summed E-state index contributed by atoms with van der Waals surface area (Å²) in [5.41, 5.74) is 13.3. The first-order valence-corrected chi connectivity index (χ1v) is 20.2. The van der Waals surface area contributed by atoms with E-state index in [9.17, 15) is 0 Å². The third kappa shape index (κ3) is 7.21. The molecule has 3 aromatic heterocycles. The molecular formula is C49H48N4. The molecule has 4 nitrogen and oxygen atoms in total. The summed E-state index contributed by atoms with van der Waals surface area (Å²) in [6, 6.07) is 8.85. The van der Waals surface area contributed by atoms with Gasteiger partial charge in [0.05, 0.1) is 44.9 Å². The Morgan fingerprint density at radius 3 is 1.68 bits per heavy atom. The smallest absolute Gasteiger partial charge is 0.0815 e. The van der Waals surface area contributed by atoms with Crippen molar-refractivity contribution in [3.05, 3.63) is 112 Å². The van der Waals surface area contributed by atoms with Crippen LogP contribution in [0.5, 0.6) is 0 Å². The van der Waals surface area contributed by atoms with E-state index in [-0.39, 0.29) is 0 Å². The van der Waals surface area contributed by atoms with Gasteiger partial charge >= 0.3 is 0 Å². The van der Waals surface area contributed by atoms with Gasteiger partial charge in [0, 0.05) is 34.0 Å². The number of allylic oxidation sites excluding steroid dienone is 8. The molecule has 0 saturated heterocycles. The highest BCUT2D eigenvalue weighted by atomic mass is 14.8. The van der Waals surface area contributed by atoms with Crippen molar-refractivity contribution < 1.29 is 0 Å². The number of hydrogen-bond donors (Lipinski definition) is 2. The zero-order valence-electron chi connectivity index (χ0n) is 30.7. The van der Waals surface area contributed by atoms with E-state index < -0.39 is 0 Å². The van der Waals surface area contributed by atoms with Gasteiger partial charge in [-0.1, -0.05) is 118 Å². The van der Waals surface area contributed by atoms with E-state index in [0.717, 1.165) is 67.1 Å². The van der Waals surface area contributed by atoms with Gasteiger partial charge in [-0.05, 0) is 98.6 Å². The molecule has 3 fully saturated rings. The summed E-state index contributed by atoms with van der Waals surface area (Å²) in [7, 11) is 0. The maximum absolute atomic E-state index is 5.42. The van der Waals surface area contributed by atoms with Crippen molar-refractivity contribution in [2.24, 2.45) is 11.8 Å². The fraction of sp³-hybridized carbons (Fsp3) is 0.347. The topological polar surface area (TPSA) is 57.4 Å². The van der Waals surface area contributed by atoms with Crippen LogP contribution in [0, 0.1) is 35.5 Å². The Hall–Kier alpha value is -5.32. The molecular weight excluding hydrogens is 645 g/mol. The van der Waals surface area contributed by atoms with Gasteiger partial charge in [0.2, 0.25) is 0 Å². The fourth-order valence-electron chi connectivity index (χ4n) is 9.01. The highest BCUT2D eigenvalue weighted by molar-refractivity contribution is 5.93. The third-order valence-electron chi connectivity index (χ3n) is 11.9. The van der Waals surface area contributed by atoms with Gasteiger partial charge in [0.15, 0.2) is 0 Å². The zero-order valence-corrected chi connectivity index (χ0v) is 30.7. The Balaban J connectivity index is 1.36. The Morgan fingerprint density at radius 2 is 0.981 bits per heavy atom. The summed E-state index contributed by atoms with van der Waals surface area (Å²) in [6.07, 6.45) is 40.8. The van der Waals surface area contributed by atoms with Crippen molar-refractivity contribution in [3.8, 4) is 23.7 Å². The summed E-state index contributed by atoms with van der Waals surface area (Å²) in [6.45, 7) is 0. The summed E-state index contributed by atoms with van der Waals surface area (Å²) < 4.78 is 0. The molecule has 0 atom stereocenters. The highest BCUT2D eigenvalue weighted by Gasteiger charge is 2.24. The Labute approximate surface area is 314 Å². The summed E-state index contributed by atoms with van der Waals surface area (Å²) in [5.74, 6) is 16.1. The SMILES string of the molecule is C(#CC1CCCC1)c1c2nc(c(C3CCCC3)c3ccc([nH]3)c(C#CC3CCCCCC3)c3nc(c(C4=C/C=C\C=C/C=C\4)c4ccc1[nH]4)C=C3)C=C2. The monoisotopic (exact) mass is 692 g/mol. The molecule has 53 heavy (non-hydrogen) atoms. The normalized spacial score (nSPS) is 21.8. The molecule has 4 heteroatoms. The summed E-state index contributed by atoms with van der Waals surface area (Å²) in [4.78, 5) is 18.6. The minimum absolute atomic E-state index is 0.425. The largest absolute Gasteiger partial charge is 0.354 e. The predicted octanol–water partition coefficient (Wildman–Crippen LogP) is 12.2. The second kappa shape index (κ2) is 15.3. The van der Waals surface area contributed by atoms with E-state index in [1.54, 1.807) is 0 Å². The number of nitrogens with one attached hydrogen (secondary N) is 2. The highest BCUT2D eigenvalue weighted by Crippen LogP contribution is 2.39. The third-order valence-corrected chi connectivity index (χ3v) is 11.9. The van der Waals surface area contributed by atoms with E-state index in [1.165, 1.54) is 95.5 Å². The molecule has 0 radical (unpaired) electrons. The first kappa shape index (κ1) is 33.5. The Bertz CT molecular complexity index is 2380. The first-order chi connectivity index (χ1) is 26.3. The number of H-pyrrole nitrogens is 2. The Morgan fingerprint density at radius 1 is 0.472 bits per heavy atom. The molecule has 264 valence electrons. The summed E-state index contributed by atoms with van der Waals surface area (Å²) >= 11 is 0. The van der Waals surface area contributed by atoms with Crippen molar-refractivity contribution in [1.29, 1.82) is 0 Å². The standard InChI is InChI=1S/C49H48N4/c1-2-8-18-36(19-9-3-1)48-44-30-26-40(50-44)38(24-22-34-14-6-4-5-7-15-34)41-28-32-46(52-41)49(37-20-12-13-21-37)47-33-29-43(53-47)39(42-27-31-45(48)51-42)25-23-35-16-10-11-17-35/h1-3,8-9,18-19,26-35,37,51-52H,4-7,10-17,20-21H2/b2-1-,3-1?,8-2?,9-3-,18-8-,19-9?,36-18?,36-19+,40-38?,41-38?,42-39?,43-39?,48-44?,48-45?,49-46?,49-47?. The molecule has 8 bridgehead atoms. The average molecular weight is 693 g/mol. The van der Waals surface area contributed by atoms with Crippen molar-refractivity contribution >= 4 is 51.9 Å². The molecule has 3 saturated carbocycles. The molecule has 9 rings (SSSR count). The van der Waals surface area contributed by atoms with Crippen LogP contribution in [0.15, 0.2) is 66.8 Å². The number of rotatable bonds is 2. The predicted molar refractivity (Wildman–Crippen MR) is 222 cm³/mol. The fourth-order valence-corrected chi connectivity index (χ4v) is 9.01. The van der Waals surface area contributed by atoms with Gasteiger partial charge in [-0.2, -0.15) is 0 Å². The number of aromatic amines is 2. The zero-order chi connectivity index (χ0) is 35.4. The van der Waals surface area contributed by atoms with Gasteiger partial charge in [0.25, 0.3) is 0 Å². The molecule has 2 N–H and O–H groups in total. The van der Waals surface area contributed by atoms with Gasteiger partial charge in [-0.3, -0.25) is 0 Å². The first-order valence-electron chi connectivity index (χ1n) is 20.2. The molecule has 5 heterocycles. The van der Waals surface area contributed by atoms with E-state index in [4.69, 9.17) is 9.97 Å². The quantitative estimate of drug-likeness (QED) is 0.143. The maximum Gasteiger partial charge on any atom is 0.0815 e. The number of fused-ring (bicyclic) bond motifs is 8. The van der Waals surface area contributed by atoms with E-state index in [1.807, 2.05) is 0 Å². The number of hydrogen-bond acceptors (Lipinski definition) is 2. The van der Waals surface area contributed by atoms with Gasteiger partial charge < -0.3 is 9.97 Å². The molecule has 0 amide bonds. The van der Waals surface area contributed by atoms with E-state index >= 15 is 0 Å². The number of nitrogens with zero attached hydrogens (tertiary/aromatic N) is 2. The van der Waals surface area contributed by atoms with Crippen LogP contribution >= 0.6 is 0 Å². The van der Waals surface area contributed by atoms with Crippen molar-refractivity contribution in [3.63, 3.8) is 0 Å². The van der Waals surface area contributed by atoms with Crippen LogP contribution in [0.4, 0.5) is 0 Å². The second-order valence-electron chi connectivity index (χ2n) is 15.5. The van der Waals surface area contributed by atoms with E-state index in [2.05, 4.69) is 125 Å². The second-order valence-corrected chi connectivity index (χ2v) is 15.5. The van der Waals surface area contributed by atoms with Crippen LogP contribution in [0.2, 0.25) is 0 Å². The lowest BCUT2D eigenvalue weighted by molar-refractivity contribution is 0.577. The molecule has 3 aromatic rings. The van der Waals surface area contributed by atoms with Crippen molar-refractivity contribution in [2.45, 2.75) is 95.8 Å². The average Bonchev–Trinajstić information content (AvgIpc) is 4.01. The molecule has 0 spiro atoms. The summed E-state index contributed by atoms with van der Waals surface area (Å²) in [5, 5.41) is 0. The number of aromatic nitrogens is 4. The molecule has 0 unspecified atom stereocenters. The van der Waals surface area contributed by atoms with E-state index in [0.29, 0.717) is 17.8 Å². The minimum atomic E-state index is 0.425. The molecule has 2 aliphatic heterocycles. The van der Waals surface area contributed by atoms with Crippen LogP contribution in [0.3, 0.4) is 0 Å². The van der Waals surface area contributed by atoms with Crippen LogP contribution in [-0.2, 0) is 0 Å². The Kier molecular flexibility index (Phi) is 9.70. The van der Waals surface area contributed by atoms with Gasteiger partial charge in [0.1, 0.15) is 0 Å². The molecule has 0 aromatic carbocycles. The maximum atomic E-state index is 5.42. The lowest BCUT2D eigenvalue weighted by Gasteiger charge is -2.11. The van der Waals surface area contributed by atoms with Crippen LogP contribution < -0.4 is 0 Å². The van der Waals surface area contributed by atoms with Gasteiger partial charge in [-0.15, -0.1) is 0 Å². The van der Waals surface area contributed by atoms with Gasteiger partial charge in [-0.25, -0.2) is 9.97 Å². The van der Waals surface area contributed by atoms with Crippen molar-refractivity contribution in [1.82, 2.24) is 19.9 Å². The van der Waals surface area contributed by atoms with Crippen LogP contribution in [-0.4, -0.2) is 19.9 Å². The van der Waals surface area contributed by atoms with Crippen LogP contribution in [0.1, 0.15) is 141 Å². The lowest BCUT2D eigenvalue weighted by Crippen LogP contribution is -1.97. The van der Waals surface area contributed by atoms with Crippen LogP contribution in [0.25, 0.3) is 51.9 Å². The van der Waals surface area contributed by atoms with Crippen molar-refractivity contribution in [2.75, 3.05) is 0 Å². The lowest BCUT2D eigenvalue weighted by atomic mass is 9.96. The minimum Gasteiger partial charge on any atom is -0.354 e.